The van der Waals surface area contributed by atoms with Gasteiger partial charge in [-0.3, -0.25) is 4.79 Å². The quantitative estimate of drug-likeness (QED) is 0.459. The summed E-state index contributed by atoms with van der Waals surface area (Å²) < 4.78 is 27.4. The summed E-state index contributed by atoms with van der Waals surface area (Å²) in [5.74, 6) is 0.183. The number of sulfonamides is 1. The van der Waals surface area contributed by atoms with Gasteiger partial charge >= 0.3 is 0 Å². The van der Waals surface area contributed by atoms with Crippen LogP contribution in [0.2, 0.25) is 5.02 Å². The van der Waals surface area contributed by atoms with E-state index in [1.54, 1.807) is 29.2 Å². The van der Waals surface area contributed by atoms with E-state index in [-0.39, 0.29) is 37.2 Å². The number of amides is 1. The van der Waals surface area contributed by atoms with E-state index in [1.165, 1.54) is 16.7 Å². The lowest BCUT2D eigenvalue weighted by molar-refractivity contribution is 0.0697. The van der Waals surface area contributed by atoms with E-state index in [1.807, 2.05) is 19.1 Å². The third-order valence-electron chi connectivity index (χ3n) is 5.55. The molecule has 1 N–H and O–H groups in total. The Balaban J connectivity index is 1.26. The highest BCUT2D eigenvalue weighted by Crippen LogP contribution is 2.22. The summed E-state index contributed by atoms with van der Waals surface area (Å²) in [5, 5.41) is 0.345. The lowest BCUT2D eigenvalue weighted by Gasteiger charge is -2.33. The van der Waals surface area contributed by atoms with Crippen molar-refractivity contribution in [3.63, 3.8) is 0 Å². The number of aryl methyl sites for hydroxylation is 1. The number of benzene rings is 1. The molecular weight excluding hydrogens is 478 g/mol. The van der Waals surface area contributed by atoms with Gasteiger partial charge in [-0.2, -0.15) is 4.31 Å². The van der Waals surface area contributed by atoms with Crippen LogP contribution >= 0.6 is 11.6 Å². The topological polar surface area (TPSA) is 125 Å². The van der Waals surface area contributed by atoms with Crippen LogP contribution in [0.3, 0.4) is 0 Å². The molecule has 1 aromatic carbocycles. The number of carbonyl (C=O) groups is 1. The van der Waals surface area contributed by atoms with Crippen molar-refractivity contribution in [2.45, 2.75) is 12.1 Å². The van der Waals surface area contributed by atoms with Gasteiger partial charge in [0.1, 0.15) is 5.69 Å². The van der Waals surface area contributed by atoms with E-state index in [2.05, 4.69) is 24.9 Å². The molecule has 12 heteroatoms. The second-order valence-corrected chi connectivity index (χ2v) is 10.1. The van der Waals surface area contributed by atoms with Gasteiger partial charge in [0, 0.05) is 49.3 Å². The van der Waals surface area contributed by atoms with E-state index in [9.17, 15) is 13.2 Å². The minimum atomic E-state index is -3.84. The van der Waals surface area contributed by atoms with Gasteiger partial charge in [0.05, 0.1) is 16.6 Å². The number of piperazine rings is 1. The number of nitrogens with zero attached hydrogens (tertiary/aromatic N) is 6. The molecule has 1 aliphatic heterocycles. The minimum absolute atomic E-state index is 0.140. The fraction of sp³-hybridized carbons (Fsp3) is 0.227. The number of rotatable bonds is 4. The number of aromatic nitrogens is 5. The van der Waals surface area contributed by atoms with E-state index in [0.29, 0.717) is 33.1 Å². The first kappa shape index (κ1) is 22.4. The monoisotopic (exact) mass is 497 g/mol. The zero-order chi connectivity index (χ0) is 23.9. The average Bonchev–Trinajstić information content (AvgIpc) is 3.28. The summed E-state index contributed by atoms with van der Waals surface area (Å²) in [6, 6.07) is 10.5. The van der Waals surface area contributed by atoms with Crippen molar-refractivity contribution in [1.29, 1.82) is 0 Å². The molecule has 0 unspecified atom stereocenters. The van der Waals surface area contributed by atoms with Gasteiger partial charge in [-0.05, 0) is 37.3 Å². The minimum Gasteiger partial charge on any atom is -0.336 e. The van der Waals surface area contributed by atoms with E-state index >= 15 is 0 Å². The van der Waals surface area contributed by atoms with Gasteiger partial charge in [0.25, 0.3) is 15.9 Å². The maximum atomic E-state index is 13.1. The molecular formula is C22H20ClN7O3S. The normalized spacial score (nSPS) is 15.1. The SMILES string of the molecule is Cc1cccc(-c2ncc(C(=O)N3CCN(S(=O)(=O)c4nc5ccc(Cl)cc5[nH]4)CC3)cn2)n1. The molecule has 1 aliphatic rings. The molecule has 5 rings (SSSR count). The number of pyridine rings is 1. The smallest absolute Gasteiger partial charge is 0.276 e. The number of fused-ring (bicyclic) bond motifs is 1. The number of aromatic amines is 1. The van der Waals surface area contributed by atoms with Gasteiger partial charge in [0.15, 0.2) is 5.82 Å². The van der Waals surface area contributed by atoms with Gasteiger partial charge < -0.3 is 9.88 Å². The van der Waals surface area contributed by atoms with Crippen LogP contribution in [0.25, 0.3) is 22.6 Å². The van der Waals surface area contributed by atoms with Crippen LogP contribution in [0.15, 0.2) is 53.9 Å². The molecule has 3 aromatic heterocycles. The summed E-state index contributed by atoms with van der Waals surface area (Å²) in [4.78, 5) is 34.5. The van der Waals surface area contributed by atoms with Crippen LogP contribution in [0, 0.1) is 6.92 Å². The Labute approximate surface area is 200 Å². The molecule has 4 heterocycles. The lowest BCUT2D eigenvalue weighted by atomic mass is 10.2. The van der Waals surface area contributed by atoms with Crippen molar-refractivity contribution < 1.29 is 13.2 Å². The molecule has 0 saturated carbocycles. The van der Waals surface area contributed by atoms with Gasteiger partial charge in [-0.1, -0.05) is 17.7 Å². The van der Waals surface area contributed by atoms with Crippen molar-refractivity contribution in [3.8, 4) is 11.5 Å². The first-order valence-electron chi connectivity index (χ1n) is 10.5. The maximum absolute atomic E-state index is 13.1. The Morgan fingerprint density at radius 2 is 1.76 bits per heavy atom. The molecule has 1 amide bonds. The van der Waals surface area contributed by atoms with Crippen molar-refractivity contribution in [1.82, 2.24) is 34.1 Å². The van der Waals surface area contributed by atoms with Crippen LogP contribution < -0.4 is 0 Å². The van der Waals surface area contributed by atoms with Crippen molar-refractivity contribution in [2.75, 3.05) is 26.2 Å². The first-order valence-corrected chi connectivity index (χ1v) is 12.3. The molecule has 0 atom stereocenters. The number of carbonyl (C=O) groups excluding carboxylic acids is 1. The first-order chi connectivity index (χ1) is 16.3. The molecule has 174 valence electrons. The van der Waals surface area contributed by atoms with E-state index in [0.717, 1.165) is 5.69 Å². The summed E-state index contributed by atoms with van der Waals surface area (Å²) in [6.45, 7) is 2.66. The van der Waals surface area contributed by atoms with E-state index < -0.39 is 10.0 Å². The molecule has 1 fully saturated rings. The predicted octanol–water partition coefficient (Wildman–Crippen LogP) is 2.52. The number of nitrogens with one attached hydrogen (secondary N) is 1. The van der Waals surface area contributed by atoms with Gasteiger partial charge in [-0.25, -0.2) is 28.4 Å². The fourth-order valence-corrected chi connectivity index (χ4v) is 5.27. The van der Waals surface area contributed by atoms with E-state index in [4.69, 9.17) is 11.6 Å². The molecule has 0 spiro atoms. The second kappa shape index (κ2) is 8.75. The largest absolute Gasteiger partial charge is 0.336 e. The molecule has 0 bridgehead atoms. The van der Waals surface area contributed by atoms with Crippen molar-refractivity contribution >= 4 is 38.6 Å². The molecule has 0 radical (unpaired) electrons. The zero-order valence-electron chi connectivity index (χ0n) is 18.1. The highest BCUT2D eigenvalue weighted by Gasteiger charge is 2.32. The number of halogens is 1. The third-order valence-corrected chi connectivity index (χ3v) is 7.51. The molecule has 34 heavy (non-hydrogen) atoms. The van der Waals surface area contributed by atoms with Crippen LogP contribution in [0.1, 0.15) is 16.1 Å². The molecule has 1 saturated heterocycles. The maximum Gasteiger partial charge on any atom is 0.276 e. The molecule has 0 aliphatic carbocycles. The lowest BCUT2D eigenvalue weighted by Crippen LogP contribution is -2.50. The molecule has 10 nitrogen and oxygen atoms in total. The number of imidazole rings is 1. The number of H-pyrrole nitrogens is 1. The third kappa shape index (κ3) is 4.25. The highest BCUT2D eigenvalue weighted by molar-refractivity contribution is 7.89. The van der Waals surface area contributed by atoms with Crippen LogP contribution in [-0.4, -0.2) is 74.6 Å². The second-order valence-electron chi connectivity index (χ2n) is 7.86. The summed E-state index contributed by atoms with van der Waals surface area (Å²) >= 11 is 5.98. The molecule has 4 aromatic rings. The zero-order valence-corrected chi connectivity index (χ0v) is 19.7. The summed E-state index contributed by atoms with van der Waals surface area (Å²) in [5.41, 5.74) is 2.87. The Morgan fingerprint density at radius 1 is 1.03 bits per heavy atom. The number of hydrogen-bond acceptors (Lipinski definition) is 7. The average molecular weight is 498 g/mol. The van der Waals surface area contributed by atoms with Crippen LogP contribution in [0.5, 0.6) is 0 Å². The Kier molecular flexibility index (Phi) is 5.76. The van der Waals surface area contributed by atoms with Gasteiger partial charge in [0.2, 0.25) is 5.16 Å². The Bertz CT molecular complexity index is 1480. The summed E-state index contributed by atoms with van der Waals surface area (Å²) in [7, 11) is -3.84. The van der Waals surface area contributed by atoms with Crippen LogP contribution in [0.4, 0.5) is 0 Å². The van der Waals surface area contributed by atoms with Crippen LogP contribution in [-0.2, 0) is 10.0 Å². The number of hydrogen-bond donors (Lipinski definition) is 1. The van der Waals surface area contributed by atoms with Gasteiger partial charge in [-0.15, -0.1) is 0 Å². The van der Waals surface area contributed by atoms with Crippen molar-refractivity contribution in [2.24, 2.45) is 0 Å². The van der Waals surface area contributed by atoms with Crippen molar-refractivity contribution in [3.05, 3.63) is 65.1 Å². The Hall–Kier alpha value is -3.41. The summed E-state index contributed by atoms with van der Waals surface area (Å²) in [6.07, 6.45) is 2.94. The Morgan fingerprint density at radius 3 is 2.47 bits per heavy atom. The fourth-order valence-electron chi connectivity index (χ4n) is 3.76. The highest BCUT2D eigenvalue weighted by atomic mass is 35.5. The predicted molar refractivity (Wildman–Crippen MR) is 126 cm³/mol. The standard InChI is InChI=1S/C22H20ClN7O3S/c1-14-3-2-4-18(26-14)20-24-12-15(13-25-20)21(31)29-7-9-30(10-8-29)34(32,33)22-27-17-6-5-16(23)11-19(17)28-22/h2-6,11-13H,7-10H2,1H3,(H,27,28).